The molecule has 2 heterocycles. The van der Waals surface area contributed by atoms with Crippen LogP contribution in [0.5, 0.6) is 0 Å². The van der Waals surface area contributed by atoms with Gasteiger partial charge in [-0.3, -0.25) is 14.2 Å². The van der Waals surface area contributed by atoms with E-state index in [1.54, 1.807) is 21.8 Å². The lowest BCUT2D eigenvalue weighted by Gasteiger charge is -2.12. The van der Waals surface area contributed by atoms with Gasteiger partial charge in [-0.25, -0.2) is 0 Å². The maximum Gasteiger partial charge on any atom is 0.244 e. The van der Waals surface area contributed by atoms with Crippen LogP contribution in [0.4, 0.5) is 0 Å². The Labute approximate surface area is 119 Å². The number of aryl methyl sites for hydroxylation is 2. The molecule has 2 rings (SSSR count). The molecule has 0 radical (unpaired) electrons. The molecule has 1 amide bonds. The summed E-state index contributed by atoms with van der Waals surface area (Å²) < 4.78 is 4.22. The summed E-state index contributed by atoms with van der Waals surface area (Å²) in [6, 6.07) is -0.344. The standard InChI is InChI=1S/C12H16BrN5O/c1-8-10(6-17(3)16-8)4-14-12(19)9(2)18-7-11(13)5-15-18/h5-7,9H,4H2,1-3H3,(H,14,19). The van der Waals surface area contributed by atoms with E-state index in [1.165, 1.54) is 0 Å². The van der Waals surface area contributed by atoms with Crippen LogP contribution in [0.25, 0.3) is 0 Å². The van der Waals surface area contributed by atoms with Crippen LogP contribution >= 0.6 is 15.9 Å². The number of hydrogen-bond acceptors (Lipinski definition) is 3. The molecule has 2 aromatic rings. The van der Waals surface area contributed by atoms with Gasteiger partial charge in [-0.1, -0.05) is 0 Å². The van der Waals surface area contributed by atoms with Crippen molar-refractivity contribution in [1.82, 2.24) is 24.9 Å². The third kappa shape index (κ3) is 3.23. The number of carbonyl (C=O) groups is 1. The van der Waals surface area contributed by atoms with Gasteiger partial charge in [-0.15, -0.1) is 0 Å². The van der Waals surface area contributed by atoms with E-state index in [4.69, 9.17) is 0 Å². The lowest BCUT2D eigenvalue weighted by Crippen LogP contribution is -2.30. The van der Waals surface area contributed by atoms with Crippen molar-refractivity contribution in [3.8, 4) is 0 Å². The minimum absolute atomic E-state index is 0.0705. The topological polar surface area (TPSA) is 64.7 Å². The third-order valence-corrected chi connectivity index (χ3v) is 3.32. The first-order valence-electron chi connectivity index (χ1n) is 5.94. The second-order valence-electron chi connectivity index (χ2n) is 4.45. The van der Waals surface area contributed by atoms with Crippen LogP contribution in [-0.4, -0.2) is 25.5 Å². The quantitative estimate of drug-likeness (QED) is 0.927. The van der Waals surface area contributed by atoms with Crippen molar-refractivity contribution < 1.29 is 4.79 Å². The van der Waals surface area contributed by atoms with Crippen molar-refractivity contribution >= 4 is 21.8 Å². The zero-order valence-electron chi connectivity index (χ0n) is 11.1. The molecule has 0 aliphatic rings. The van der Waals surface area contributed by atoms with E-state index >= 15 is 0 Å². The lowest BCUT2D eigenvalue weighted by molar-refractivity contribution is -0.124. The normalized spacial score (nSPS) is 12.4. The minimum atomic E-state index is -0.344. The maximum absolute atomic E-state index is 12.0. The van der Waals surface area contributed by atoms with E-state index in [9.17, 15) is 4.79 Å². The van der Waals surface area contributed by atoms with E-state index in [-0.39, 0.29) is 11.9 Å². The summed E-state index contributed by atoms with van der Waals surface area (Å²) in [7, 11) is 1.86. The molecule has 1 N–H and O–H groups in total. The summed E-state index contributed by atoms with van der Waals surface area (Å²) in [6.45, 7) is 4.21. The smallest absolute Gasteiger partial charge is 0.244 e. The Morgan fingerprint density at radius 2 is 2.26 bits per heavy atom. The summed E-state index contributed by atoms with van der Waals surface area (Å²) in [5.41, 5.74) is 1.95. The summed E-state index contributed by atoms with van der Waals surface area (Å²) in [4.78, 5) is 12.0. The Morgan fingerprint density at radius 3 is 2.79 bits per heavy atom. The van der Waals surface area contributed by atoms with Crippen molar-refractivity contribution in [3.63, 3.8) is 0 Å². The van der Waals surface area contributed by atoms with Gasteiger partial charge in [0.1, 0.15) is 6.04 Å². The average Bonchev–Trinajstić information content (AvgIpc) is 2.91. The molecule has 0 saturated heterocycles. The Bertz CT molecular complexity index is 589. The van der Waals surface area contributed by atoms with E-state index < -0.39 is 0 Å². The highest BCUT2D eigenvalue weighted by molar-refractivity contribution is 9.10. The number of carbonyl (C=O) groups excluding carboxylic acids is 1. The molecule has 0 bridgehead atoms. The van der Waals surface area contributed by atoms with E-state index in [0.29, 0.717) is 6.54 Å². The van der Waals surface area contributed by atoms with Gasteiger partial charge in [-0.2, -0.15) is 10.2 Å². The molecule has 0 aromatic carbocycles. The Balaban J connectivity index is 1.96. The molecule has 0 aliphatic heterocycles. The largest absolute Gasteiger partial charge is 0.350 e. The number of nitrogens with one attached hydrogen (secondary N) is 1. The van der Waals surface area contributed by atoms with Gasteiger partial charge < -0.3 is 5.32 Å². The fourth-order valence-corrected chi connectivity index (χ4v) is 2.10. The zero-order valence-corrected chi connectivity index (χ0v) is 12.7. The fraction of sp³-hybridized carbons (Fsp3) is 0.417. The number of halogens is 1. The van der Waals surface area contributed by atoms with E-state index in [0.717, 1.165) is 15.7 Å². The highest BCUT2D eigenvalue weighted by Gasteiger charge is 2.16. The van der Waals surface area contributed by atoms with E-state index in [1.807, 2.05) is 27.1 Å². The third-order valence-electron chi connectivity index (χ3n) is 2.91. The van der Waals surface area contributed by atoms with Gasteiger partial charge in [0.25, 0.3) is 0 Å². The SMILES string of the molecule is Cc1nn(C)cc1CNC(=O)C(C)n1cc(Br)cn1. The Kier molecular flexibility index (Phi) is 4.04. The molecule has 19 heavy (non-hydrogen) atoms. The molecule has 6 nitrogen and oxygen atoms in total. The van der Waals surface area contributed by atoms with Crippen LogP contribution < -0.4 is 5.32 Å². The van der Waals surface area contributed by atoms with Crippen molar-refractivity contribution in [3.05, 3.63) is 34.3 Å². The van der Waals surface area contributed by atoms with Crippen molar-refractivity contribution in [1.29, 1.82) is 0 Å². The summed E-state index contributed by atoms with van der Waals surface area (Å²) in [5.74, 6) is -0.0705. The second kappa shape index (κ2) is 5.56. The minimum Gasteiger partial charge on any atom is -0.350 e. The van der Waals surface area contributed by atoms with Crippen molar-refractivity contribution in [2.75, 3.05) is 0 Å². The second-order valence-corrected chi connectivity index (χ2v) is 5.36. The average molecular weight is 326 g/mol. The van der Waals surface area contributed by atoms with Crippen LogP contribution in [0, 0.1) is 6.92 Å². The van der Waals surface area contributed by atoms with Crippen molar-refractivity contribution in [2.45, 2.75) is 26.4 Å². The molecule has 0 fully saturated rings. The highest BCUT2D eigenvalue weighted by atomic mass is 79.9. The number of nitrogens with zero attached hydrogens (tertiary/aromatic N) is 4. The monoisotopic (exact) mass is 325 g/mol. The van der Waals surface area contributed by atoms with Gasteiger partial charge in [0.2, 0.25) is 5.91 Å². The van der Waals surface area contributed by atoms with Gasteiger partial charge >= 0.3 is 0 Å². The first-order chi connectivity index (χ1) is 8.97. The molecule has 0 spiro atoms. The van der Waals surface area contributed by atoms with Crippen LogP contribution in [0.3, 0.4) is 0 Å². The van der Waals surface area contributed by atoms with Crippen LogP contribution in [-0.2, 0) is 18.4 Å². The zero-order chi connectivity index (χ0) is 14.0. The molecular weight excluding hydrogens is 310 g/mol. The first kappa shape index (κ1) is 13.8. The molecule has 0 saturated carbocycles. The van der Waals surface area contributed by atoms with Gasteiger partial charge in [0.05, 0.1) is 16.4 Å². The Hall–Kier alpha value is -1.63. The molecule has 7 heteroatoms. The molecule has 0 aliphatic carbocycles. The number of amides is 1. The molecule has 1 atom stereocenters. The number of aromatic nitrogens is 4. The van der Waals surface area contributed by atoms with Gasteiger partial charge in [0.15, 0.2) is 0 Å². The maximum atomic E-state index is 12.0. The van der Waals surface area contributed by atoms with Crippen LogP contribution in [0.1, 0.15) is 24.2 Å². The summed E-state index contributed by atoms with van der Waals surface area (Å²) in [5, 5.41) is 11.2. The predicted octanol–water partition coefficient (Wildman–Crippen LogP) is 1.56. The van der Waals surface area contributed by atoms with Gasteiger partial charge in [-0.05, 0) is 29.8 Å². The summed E-state index contributed by atoms with van der Waals surface area (Å²) >= 11 is 3.31. The van der Waals surface area contributed by atoms with E-state index in [2.05, 4.69) is 31.4 Å². The van der Waals surface area contributed by atoms with Crippen LogP contribution in [0.2, 0.25) is 0 Å². The predicted molar refractivity (Wildman–Crippen MR) is 74.4 cm³/mol. The molecular formula is C12H16BrN5O. The highest BCUT2D eigenvalue weighted by Crippen LogP contribution is 2.12. The molecule has 1 unspecified atom stereocenters. The van der Waals surface area contributed by atoms with Gasteiger partial charge in [0, 0.05) is 31.5 Å². The number of hydrogen-bond donors (Lipinski definition) is 1. The molecule has 2 aromatic heterocycles. The van der Waals surface area contributed by atoms with Crippen LogP contribution in [0.15, 0.2) is 23.1 Å². The molecule has 102 valence electrons. The summed E-state index contributed by atoms with van der Waals surface area (Å²) in [6.07, 6.45) is 5.35. The lowest BCUT2D eigenvalue weighted by atomic mass is 10.2. The Morgan fingerprint density at radius 1 is 1.53 bits per heavy atom. The first-order valence-corrected chi connectivity index (χ1v) is 6.73. The fourth-order valence-electron chi connectivity index (χ4n) is 1.80. The number of rotatable bonds is 4. The van der Waals surface area contributed by atoms with Crippen molar-refractivity contribution in [2.24, 2.45) is 7.05 Å².